The van der Waals surface area contributed by atoms with Gasteiger partial charge in [-0.2, -0.15) is 5.10 Å². The summed E-state index contributed by atoms with van der Waals surface area (Å²) in [5.41, 5.74) is 3.23. The van der Waals surface area contributed by atoms with E-state index < -0.39 is 0 Å². The van der Waals surface area contributed by atoms with Crippen LogP contribution in [0.2, 0.25) is 0 Å². The Morgan fingerprint density at radius 1 is 0.667 bits per heavy atom. The monoisotopic (exact) mass is 270 g/mol. The highest BCUT2D eigenvalue weighted by Crippen LogP contribution is 2.23. The first-order chi connectivity index (χ1) is 10.4. The smallest absolute Gasteiger partial charge is 0.0927 e. The highest BCUT2D eigenvalue weighted by atomic mass is 15.3. The summed E-state index contributed by atoms with van der Waals surface area (Å²) in [5.74, 6) is 0. The van der Waals surface area contributed by atoms with Gasteiger partial charge in [-0.05, 0) is 17.5 Å². The molecule has 0 amide bonds. The van der Waals surface area contributed by atoms with Crippen molar-refractivity contribution < 1.29 is 0 Å². The van der Waals surface area contributed by atoms with Gasteiger partial charge in [0.15, 0.2) is 0 Å². The second kappa shape index (κ2) is 4.91. The topological polar surface area (TPSA) is 17.8 Å². The molecule has 0 saturated carbocycles. The highest BCUT2D eigenvalue weighted by Gasteiger charge is 2.06. The van der Waals surface area contributed by atoms with Crippen molar-refractivity contribution in [1.82, 2.24) is 9.78 Å². The fourth-order valence-corrected chi connectivity index (χ4v) is 2.63. The molecule has 0 unspecified atom stereocenters. The van der Waals surface area contributed by atoms with E-state index in [-0.39, 0.29) is 0 Å². The molecule has 0 aliphatic heterocycles. The van der Waals surface area contributed by atoms with Crippen molar-refractivity contribution in [2.45, 2.75) is 0 Å². The van der Waals surface area contributed by atoms with Crippen molar-refractivity contribution in [2.24, 2.45) is 0 Å². The molecule has 0 radical (unpaired) electrons. The number of aromatic nitrogens is 2. The fourth-order valence-electron chi connectivity index (χ4n) is 2.63. The molecule has 0 spiro atoms. The van der Waals surface area contributed by atoms with Crippen molar-refractivity contribution in [3.05, 3.63) is 85.1 Å². The minimum atomic E-state index is 0.989. The predicted octanol–water partition coefficient (Wildman–Crippen LogP) is 4.69. The van der Waals surface area contributed by atoms with Gasteiger partial charge in [0.1, 0.15) is 0 Å². The Morgan fingerprint density at radius 2 is 1.43 bits per heavy atom. The van der Waals surface area contributed by atoms with Gasteiger partial charge in [-0.15, -0.1) is 0 Å². The van der Waals surface area contributed by atoms with Gasteiger partial charge in [-0.3, -0.25) is 0 Å². The van der Waals surface area contributed by atoms with Crippen molar-refractivity contribution in [3.8, 4) is 16.9 Å². The van der Waals surface area contributed by atoms with Gasteiger partial charge in [0.2, 0.25) is 0 Å². The first-order valence-corrected chi connectivity index (χ1v) is 7.01. The second-order valence-corrected chi connectivity index (χ2v) is 5.01. The van der Waals surface area contributed by atoms with Crippen LogP contribution in [0.3, 0.4) is 0 Å². The maximum atomic E-state index is 4.72. The molecule has 1 heterocycles. The van der Waals surface area contributed by atoms with Gasteiger partial charge >= 0.3 is 0 Å². The molecule has 0 N–H and O–H groups in total. The Bertz CT molecular complexity index is 886. The molecule has 0 saturated heterocycles. The molecule has 4 aromatic rings. The maximum absolute atomic E-state index is 4.72. The Morgan fingerprint density at radius 3 is 2.33 bits per heavy atom. The number of hydrogen-bond acceptors (Lipinski definition) is 1. The molecular weight excluding hydrogens is 256 g/mol. The van der Waals surface area contributed by atoms with E-state index in [0.717, 1.165) is 16.9 Å². The van der Waals surface area contributed by atoms with Crippen LogP contribution in [0.1, 0.15) is 0 Å². The summed E-state index contributed by atoms with van der Waals surface area (Å²) in [6.07, 6.45) is 2.02. The summed E-state index contributed by atoms with van der Waals surface area (Å²) in [6, 6.07) is 27.0. The lowest BCUT2D eigenvalue weighted by Crippen LogP contribution is -1.96. The zero-order valence-electron chi connectivity index (χ0n) is 11.5. The minimum Gasteiger partial charge on any atom is -0.240 e. The number of hydrogen-bond donors (Lipinski definition) is 0. The SMILES string of the molecule is c1ccc(-c2ccn(-c3cccc4ccccc34)n2)cc1. The van der Waals surface area contributed by atoms with E-state index in [2.05, 4.69) is 60.7 Å². The summed E-state index contributed by atoms with van der Waals surface area (Å²) in [7, 11) is 0. The fraction of sp³-hybridized carbons (Fsp3) is 0. The Balaban J connectivity index is 1.85. The lowest BCUT2D eigenvalue weighted by atomic mass is 10.1. The zero-order valence-corrected chi connectivity index (χ0v) is 11.5. The standard InChI is InChI=1S/C19H14N2/c1-2-8-16(9-3-1)18-13-14-21(20-18)19-12-6-10-15-7-4-5-11-17(15)19/h1-14H. The van der Waals surface area contributed by atoms with Crippen LogP contribution < -0.4 is 0 Å². The largest absolute Gasteiger partial charge is 0.240 e. The van der Waals surface area contributed by atoms with Crippen molar-refractivity contribution in [1.29, 1.82) is 0 Å². The third-order valence-corrected chi connectivity index (χ3v) is 3.67. The van der Waals surface area contributed by atoms with Crippen LogP contribution >= 0.6 is 0 Å². The van der Waals surface area contributed by atoms with Crippen LogP contribution in [-0.4, -0.2) is 9.78 Å². The summed E-state index contributed by atoms with van der Waals surface area (Å²) < 4.78 is 1.95. The Kier molecular flexibility index (Phi) is 2.79. The minimum absolute atomic E-state index is 0.989. The molecule has 0 atom stereocenters. The summed E-state index contributed by atoms with van der Waals surface area (Å²) in [4.78, 5) is 0. The van der Waals surface area contributed by atoms with E-state index in [1.807, 2.05) is 29.1 Å². The molecule has 0 bridgehead atoms. The second-order valence-electron chi connectivity index (χ2n) is 5.01. The zero-order chi connectivity index (χ0) is 14.1. The molecule has 21 heavy (non-hydrogen) atoms. The number of rotatable bonds is 2. The quantitative estimate of drug-likeness (QED) is 0.516. The third-order valence-electron chi connectivity index (χ3n) is 3.67. The van der Waals surface area contributed by atoms with Crippen LogP contribution in [0, 0.1) is 0 Å². The predicted molar refractivity (Wildman–Crippen MR) is 86.5 cm³/mol. The van der Waals surface area contributed by atoms with Crippen molar-refractivity contribution >= 4 is 10.8 Å². The average Bonchev–Trinajstić information content (AvgIpc) is 3.05. The number of nitrogens with zero attached hydrogens (tertiary/aromatic N) is 2. The van der Waals surface area contributed by atoms with E-state index in [9.17, 15) is 0 Å². The molecule has 4 rings (SSSR count). The first kappa shape index (κ1) is 11.9. The summed E-state index contributed by atoms with van der Waals surface area (Å²) >= 11 is 0. The van der Waals surface area contributed by atoms with Gasteiger partial charge in [0.05, 0.1) is 11.4 Å². The molecule has 0 fully saturated rings. The normalized spacial score (nSPS) is 10.9. The van der Waals surface area contributed by atoms with E-state index in [4.69, 9.17) is 5.10 Å². The molecule has 0 aliphatic carbocycles. The van der Waals surface area contributed by atoms with Gasteiger partial charge in [-0.1, -0.05) is 66.7 Å². The molecule has 3 aromatic carbocycles. The van der Waals surface area contributed by atoms with Gasteiger partial charge in [0, 0.05) is 17.1 Å². The molecule has 0 aliphatic rings. The van der Waals surface area contributed by atoms with E-state index in [0.29, 0.717) is 0 Å². The number of benzene rings is 3. The Labute approximate surface area is 123 Å². The van der Waals surface area contributed by atoms with E-state index >= 15 is 0 Å². The maximum Gasteiger partial charge on any atom is 0.0927 e. The lowest BCUT2D eigenvalue weighted by Gasteiger charge is -2.06. The van der Waals surface area contributed by atoms with E-state index in [1.165, 1.54) is 10.8 Å². The highest BCUT2D eigenvalue weighted by molar-refractivity contribution is 5.90. The average molecular weight is 270 g/mol. The van der Waals surface area contributed by atoms with Crippen LogP contribution in [-0.2, 0) is 0 Å². The summed E-state index contributed by atoms with van der Waals surface area (Å²) in [6.45, 7) is 0. The van der Waals surface area contributed by atoms with Crippen LogP contribution in [0.4, 0.5) is 0 Å². The van der Waals surface area contributed by atoms with Gasteiger partial charge < -0.3 is 0 Å². The van der Waals surface area contributed by atoms with Crippen LogP contribution in [0.25, 0.3) is 27.7 Å². The molecule has 1 aromatic heterocycles. The lowest BCUT2D eigenvalue weighted by molar-refractivity contribution is 0.891. The van der Waals surface area contributed by atoms with Gasteiger partial charge in [-0.25, -0.2) is 4.68 Å². The number of fused-ring (bicyclic) bond motifs is 1. The van der Waals surface area contributed by atoms with E-state index in [1.54, 1.807) is 0 Å². The summed E-state index contributed by atoms with van der Waals surface area (Å²) in [5, 5.41) is 7.16. The molecule has 2 nitrogen and oxygen atoms in total. The Hall–Kier alpha value is -2.87. The van der Waals surface area contributed by atoms with Crippen LogP contribution in [0.5, 0.6) is 0 Å². The molecule has 100 valence electrons. The van der Waals surface area contributed by atoms with Crippen molar-refractivity contribution in [2.75, 3.05) is 0 Å². The first-order valence-electron chi connectivity index (χ1n) is 7.01. The molecule has 2 heteroatoms. The third kappa shape index (κ3) is 2.11. The van der Waals surface area contributed by atoms with Crippen molar-refractivity contribution in [3.63, 3.8) is 0 Å². The molecular formula is C19H14N2. The van der Waals surface area contributed by atoms with Crippen LogP contribution in [0.15, 0.2) is 85.1 Å². The van der Waals surface area contributed by atoms with Gasteiger partial charge in [0.25, 0.3) is 0 Å².